The van der Waals surface area contributed by atoms with Crippen molar-refractivity contribution >= 4 is 34.1 Å². The van der Waals surface area contributed by atoms with E-state index in [1.54, 1.807) is 11.8 Å². The van der Waals surface area contributed by atoms with E-state index >= 15 is 0 Å². The second-order valence-electron chi connectivity index (χ2n) is 5.28. The van der Waals surface area contributed by atoms with Crippen LogP contribution in [0.5, 0.6) is 5.75 Å². The number of hydrogen-bond acceptors (Lipinski definition) is 6. The molecule has 0 unspecified atom stereocenters. The van der Waals surface area contributed by atoms with E-state index in [9.17, 15) is 4.79 Å². The van der Waals surface area contributed by atoms with Gasteiger partial charge in [-0.3, -0.25) is 10.1 Å². The van der Waals surface area contributed by atoms with E-state index in [1.807, 2.05) is 24.3 Å². The van der Waals surface area contributed by atoms with Gasteiger partial charge in [0.15, 0.2) is 10.9 Å². The molecule has 0 saturated carbocycles. The van der Waals surface area contributed by atoms with E-state index in [4.69, 9.17) is 4.74 Å². The molecule has 5 nitrogen and oxygen atoms in total. The standard InChI is InChI=1S/C16H21N3O2S2/c1-4-9-22-16-19-18-15(23-16)17-14(20)10-21-13-7-5-12(6-8-13)11(2)3/h5-8,11H,4,9-10H2,1-3H3,(H,17,18,20). The minimum absolute atomic E-state index is 0.0436. The molecular formula is C16H21N3O2S2. The highest BCUT2D eigenvalue weighted by Crippen LogP contribution is 2.25. The molecule has 23 heavy (non-hydrogen) atoms. The number of benzene rings is 1. The van der Waals surface area contributed by atoms with Crippen molar-refractivity contribution in [1.82, 2.24) is 10.2 Å². The Morgan fingerprint density at radius 1 is 1.30 bits per heavy atom. The van der Waals surface area contributed by atoms with Crippen LogP contribution in [0.3, 0.4) is 0 Å². The smallest absolute Gasteiger partial charge is 0.264 e. The number of nitrogens with one attached hydrogen (secondary N) is 1. The van der Waals surface area contributed by atoms with Crippen molar-refractivity contribution in [2.45, 2.75) is 37.4 Å². The zero-order valence-electron chi connectivity index (χ0n) is 13.5. The number of hydrogen-bond donors (Lipinski definition) is 1. The molecule has 0 aliphatic rings. The number of aromatic nitrogens is 2. The Balaban J connectivity index is 1.79. The second-order valence-corrected chi connectivity index (χ2v) is 7.60. The van der Waals surface area contributed by atoms with E-state index in [1.165, 1.54) is 16.9 Å². The third kappa shape index (κ3) is 5.84. The zero-order chi connectivity index (χ0) is 16.7. The fourth-order valence-electron chi connectivity index (χ4n) is 1.76. The van der Waals surface area contributed by atoms with Crippen LogP contribution in [0.4, 0.5) is 5.13 Å². The van der Waals surface area contributed by atoms with E-state index in [-0.39, 0.29) is 12.5 Å². The van der Waals surface area contributed by atoms with Crippen LogP contribution >= 0.6 is 23.1 Å². The molecule has 0 aliphatic heterocycles. The van der Waals surface area contributed by atoms with Gasteiger partial charge in [0.25, 0.3) is 5.91 Å². The van der Waals surface area contributed by atoms with Gasteiger partial charge < -0.3 is 4.74 Å². The lowest BCUT2D eigenvalue weighted by atomic mass is 10.0. The van der Waals surface area contributed by atoms with E-state index in [0.29, 0.717) is 16.8 Å². The third-order valence-electron chi connectivity index (χ3n) is 3.00. The van der Waals surface area contributed by atoms with E-state index in [0.717, 1.165) is 16.5 Å². The molecule has 1 amide bonds. The Morgan fingerprint density at radius 2 is 2.04 bits per heavy atom. The number of amides is 1. The Kier molecular flexibility index (Phi) is 6.85. The summed E-state index contributed by atoms with van der Waals surface area (Å²) in [7, 11) is 0. The summed E-state index contributed by atoms with van der Waals surface area (Å²) in [5.41, 5.74) is 1.24. The number of ether oxygens (including phenoxy) is 1. The maximum Gasteiger partial charge on any atom is 0.264 e. The first-order valence-corrected chi connectivity index (χ1v) is 9.37. The fourth-order valence-corrected chi connectivity index (χ4v) is 3.45. The highest BCUT2D eigenvalue weighted by molar-refractivity contribution is 8.01. The summed E-state index contributed by atoms with van der Waals surface area (Å²) in [4.78, 5) is 11.9. The quantitative estimate of drug-likeness (QED) is 0.571. The normalized spacial score (nSPS) is 10.8. The molecule has 7 heteroatoms. The van der Waals surface area contributed by atoms with Crippen molar-refractivity contribution in [3.8, 4) is 5.75 Å². The molecule has 1 heterocycles. The average Bonchev–Trinajstić information content (AvgIpc) is 2.98. The summed E-state index contributed by atoms with van der Waals surface area (Å²) < 4.78 is 6.35. The van der Waals surface area contributed by atoms with Gasteiger partial charge in [-0.25, -0.2) is 0 Å². The Hall–Kier alpha value is -1.60. The number of anilines is 1. The fraction of sp³-hybridized carbons (Fsp3) is 0.438. The highest BCUT2D eigenvalue weighted by atomic mass is 32.2. The molecule has 0 bridgehead atoms. The zero-order valence-corrected chi connectivity index (χ0v) is 15.2. The van der Waals surface area contributed by atoms with Crippen LogP contribution in [0.1, 0.15) is 38.7 Å². The Bertz CT molecular complexity index is 627. The number of thioether (sulfide) groups is 1. The lowest BCUT2D eigenvalue weighted by molar-refractivity contribution is -0.118. The maximum atomic E-state index is 11.9. The van der Waals surface area contributed by atoms with Crippen LogP contribution < -0.4 is 10.1 Å². The summed E-state index contributed by atoms with van der Waals surface area (Å²) in [5.74, 6) is 1.92. The van der Waals surface area contributed by atoms with Crippen molar-refractivity contribution < 1.29 is 9.53 Å². The van der Waals surface area contributed by atoms with Gasteiger partial charge in [-0.15, -0.1) is 10.2 Å². The van der Waals surface area contributed by atoms with Gasteiger partial charge >= 0.3 is 0 Å². The van der Waals surface area contributed by atoms with Crippen molar-refractivity contribution in [2.24, 2.45) is 0 Å². The van der Waals surface area contributed by atoms with Gasteiger partial charge in [0.1, 0.15) is 5.75 Å². The highest BCUT2D eigenvalue weighted by Gasteiger charge is 2.09. The molecule has 0 aliphatic carbocycles. The van der Waals surface area contributed by atoms with Crippen LogP contribution in [-0.4, -0.2) is 28.5 Å². The SMILES string of the molecule is CCCSc1nnc(NC(=O)COc2ccc(C(C)C)cc2)s1. The molecular weight excluding hydrogens is 330 g/mol. The first-order chi connectivity index (χ1) is 11.1. The van der Waals surface area contributed by atoms with Crippen LogP contribution in [0, 0.1) is 0 Å². The summed E-state index contributed by atoms with van der Waals surface area (Å²) in [5, 5.41) is 11.2. The molecule has 0 atom stereocenters. The molecule has 2 aromatic rings. The van der Waals surface area contributed by atoms with Crippen LogP contribution in [0.25, 0.3) is 0 Å². The van der Waals surface area contributed by atoms with Gasteiger partial charge in [0, 0.05) is 5.75 Å². The topological polar surface area (TPSA) is 64.1 Å². The molecule has 1 aromatic heterocycles. The molecule has 0 spiro atoms. The first kappa shape index (κ1) is 17.7. The largest absolute Gasteiger partial charge is 0.484 e. The number of rotatable bonds is 8. The van der Waals surface area contributed by atoms with Crippen molar-refractivity contribution in [3.63, 3.8) is 0 Å². The molecule has 0 saturated heterocycles. The lowest BCUT2D eigenvalue weighted by Gasteiger charge is -2.08. The second kappa shape index (κ2) is 8.88. The Morgan fingerprint density at radius 3 is 2.70 bits per heavy atom. The third-order valence-corrected chi connectivity index (χ3v) is 5.18. The molecule has 124 valence electrons. The van der Waals surface area contributed by atoms with Crippen molar-refractivity contribution in [2.75, 3.05) is 17.7 Å². The molecule has 2 rings (SSSR count). The summed E-state index contributed by atoms with van der Waals surface area (Å²) in [6.45, 7) is 6.34. The van der Waals surface area contributed by atoms with E-state index in [2.05, 4.69) is 36.3 Å². The summed E-state index contributed by atoms with van der Waals surface area (Å²) in [6, 6.07) is 7.79. The van der Waals surface area contributed by atoms with Gasteiger partial charge in [-0.1, -0.05) is 56.0 Å². The average molecular weight is 351 g/mol. The Labute approximate surface area is 144 Å². The minimum Gasteiger partial charge on any atom is -0.484 e. The minimum atomic E-state index is -0.235. The van der Waals surface area contributed by atoms with E-state index < -0.39 is 0 Å². The number of nitrogens with zero attached hydrogens (tertiary/aromatic N) is 2. The molecule has 0 radical (unpaired) electrons. The number of carbonyl (C=O) groups excluding carboxylic acids is 1. The predicted molar refractivity (Wildman–Crippen MR) is 95.6 cm³/mol. The monoisotopic (exact) mass is 351 g/mol. The van der Waals surface area contributed by atoms with Crippen LogP contribution in [0.15, 0.2) is 28.6 Å². The van der Waals surface area contributed by atoms with Gasteiger partial charge in [-0.05, 0) is 30.0 Å². The van der Waals surface area contributed by atoms with Crippen LogP contribution in [0.2, 0.25) is 0 Å². The molecule has 0 fully saturated rings. The van der Waals surface area contributed by atoms with Crippen LogP contribution in [-0.2, 0) is 4.79 Å². The van der Waals surface area contributed by atoms with Crippen molar-refractivity contribution in [1.29, 1.82) is 0 Å². The summed E-state index contributed by atoms with van der Waals surface area (Å²) in [6.07, 6.45) is 1.08. The first-order valence-electron chi connectivity index (χ1n) is 7.57. The molecule has 1 aromatic carbocycles. The number of carbonyl (C=O) groups is 1. The molecule has 1 N–H and O–H groups in total. The maximum absolute atomic E-state index is 11.9. The van der Waals surface area contributed by atoms with Gasteiger partial charge in [0.05, 0.1) is 0 Å². The van der Waals surface area contributed by atoms with Gasteiger partial charge in [-0.2, -0.15) is 0 Å². The lowest BCUT2D eigenvalue weighted by Crippen LogP contribution is -2.20. The summed E-state index contributed by atoms with van der Waals surface area (Å²) >= 11 is 3.03. The van der Waals surface area contributed by atoms with Gasteiger partial charge in [0.2, 0.25) is 5.13 Å². The predicted octanol–water partition coefficient (Wildman–Crippen LogP) is 4.18. The van der Waals surface area contributed by atoms with Crippen molar-refractivity contribution in [3.05, 3.63) is 29.8 Å².